The zero-order chi connectivity index (χ0) is 14.5. The van der Waals surface area contributed by atoms with Crippen LogP contribution in [0.25, 0.3) is 0 Å². The van der Waals surface area contributed by atoms with Crippen molar-refractivity contribution in [1.29, 1.82) is 0 Å². The molecule has 2 N–H and O–H groups in total. The first-order chi connectivity index (χ1) is 9.65. The lowest BCUT2D eigenvalue weighted by atomic mass is 9.92. The van der Waals surface area contributed by atoms with Crippen LogP contribution in [-0.2, 0) is 19.4 Å². The first-order valence-electron chi connectivity index (χ1n) is 7.73. The summed E-state index contributed by atoms with van der Waals surface area (Å²) in [7, 11) is 0. The van der Waals surface area contributed by atoms with Crippen molar-refractivity contribution in [2.75, 3.05) is 11.5 Å². The van der Waals surface area contributed by atoms with Crippen molar-refractivity contribution < 1.29 is 0 Å². The van der Waals surface area contributed by atoms with Crippen molar-refractivity contribution in [3.8, 4) is 0 Å². The number of aryl methyl sites for hydroxylation is 2. The van der Waals surface area contributed by atoms with Crippen LogP contribution >= 0.6 is 27.7 Å². The highest BCUT2D eigenvalue weighted by Crippen LogP contribution is 2.28. The molecule has 114 valence electrons. The molecule has 0 spiro atoms. The van der Waals surface area contributed by atoms with Crippen LogP contribution in [0.3, 0.4) is 0 Å². The van der Waals surface area contributed by atoms with Gasteiger partial charge in [0.15, 0.2) is 0 Å². The lowest BCUT2D eigenvalue weighted by Crippen LogP contribution is -2.28. The second-order valence-corrected chi connectivity index (χ2v) is 7.65. The highest BCUT2D eigenvalue weighted by atomic mass is 79.9. The van der Waals surface area contributed by atoms with E-state index in [1.165, 1.54) is 34.5 Å². The van der Waals surface area contributed by atoms with E-state index < -0.39 is 0 Å². The predicted octanol–water partition coefficient (Wildman–Crippen LogP) is 3.63. The molecule has 2 heterocycles. The van der Waals surface area contributed by atoms with Crippen LogP contribution in [0.2, 0.25) is 0 Å². The van der Waals surface area contributed by atoms with Gasteiger partial charge < -0.3 is 5.73 Å². The molecule has 1 aromatic rings. The van der Waals surface area contributed by atoms with Crippen molar-refractivity contribution in [3.63, 3.8) is 0 Å². The van der Waals surface area contributed by atoms with E-state index in [1.54, 1.807) is 0 Å². The van der Waals surface area contributed by atoms with Gasteiger partial charge in [0.05, 0.1) is 15.9 Å². The fourth-order valence-corrected chi connectivity index (χ4v) is 4.88. The van der Waals surface area contributed by atoms with E-state index in [2.05, 4.69) is 51.3 Å². The van der Waals surface area contributed by atoms with E-state index >= 15 is 0 Å². The monoisotopic (exact) mass is 359 g/mol. The van der Waals surface area contributed by atoms with Crippen molar-refractivity contribution in [3.05, 3.63) is 15.9 Å². The Morgan fingerprint density at radius 3 is 2.70 bits per heavy atom. The Labute approximate surface area is 135 Å². The summed E-state index contributed by atoms with van der Waals surface area (Å²) >= 11 is 5.80. The summed E-state index contributed by atoms with van der Waals surface area (Å²) in [5.41, 5.74) is 8.85. The minimum absolute atomic E-state index is 0.256. The Morgan fingerprint density at radius 1 is 1.40 bits per heavy atom. The summed E-state index contributed by atoms with van der Waals surface area (Å²) in [6.07, 6.45) is 5.74. The molecule has 0 amide bonds. The second kappa shape index (κ2) is 7.85. The Balaban J connectivity index is 1.99. The third kappa shape index (κ3) is 4.01. The van der Waals surface area contributed by atoms with Crippen LogP contribution in [0.15, 0.2) is 4.47 Å². The Kier molecular flexibility index (Phi) is 6.43. The molecule has 1 atom stereocenters. The molecule has 1 aliphatic heterocycles. The third-order valence-electron chi connectivity index (χ3n) is 4.13. The van der Waals surface area contributed by atoms with Gasteiger partial charge in [0.2, 0.25) is 0 Å². The molecule has 0 radical (unpaired) electrons. The Bertz CT molecular complexity index is 427. The van der Waals surface area contributed by atoms with Crippen molar-refractivity contribution >= 4 is 27.7 Å². The van der Waals surface area contributed by atoms with Gasteiger partial charge in [-0.05, 0) is 66.0 Å². The molecular formula is C15H26BrN3S. The quantitative estimate of drug-likeness (QED) is 0.843. The van der Waals surface area contributed by atoms with E-state index in [0.717, 1.165) is 37.4 Å². The highest BCUT2D eigenvalue weighted by Gasteiger charge is 2.20. The highest BCUT2D eigenvalue weighted by molar-refractivity contribution is 9.10. The fourth-order valence-electron chi connectivity index (χ4n) is 2.95. The zero-order valence-electron chi connectivity index (χ0n) is 12.6. The molecule has 0 bridgehead atoms. The minimum atomic E-state index is 0.256. The lowest BCUT2D eigenvalue weighted by Gasteiger charge is -2.24. The van der Waals surface area contributed by atoms with Crippen LogP contribution in [0.1, 0.15) is 44.5 Å². The third-order valence-corrected chi connectivity index (χ3v) is 6.09. The molecule has 0 aliphatic carbocycles. The largest absolute Gasteiger partial charge is 0.327 e. The molecule has 1 aromatic heterocycles. The van der Waals surface area contributed by atoms with Gasteiger partial charge in [0.1, 0.15) is 0 Å². The van der Waals surface area contributed by atoms with Gasteiger partial charge in [-0.2, -0.15) is 16.9 Å². The molecule has 1 saturated heterocycles. The van der Waals surface area contributed by atoms with E-state index in [1.807, 2.05) is 0 Å². The summed E-state index contributed by atoms with van der Waals surface area (Å²) in [4.78, 5) is 0. The van der Waals surface area contributed by atoms with Crippen LogP contribution in [-0.4, -0.2) is 27.3 Å². The maximum absolute atomic E-state index is 6.41. The van der Waals surface area contributed by atoms with E-state index in [0.29, 0.717) is 0 Å². The molecule has 3 nitrogen and oxygen atoms in total. The van der Waals surface area contributed by atoms with Crippen molar-refractivity contribution in [2.45, 2.75) is 58.5 Å². The van der Waals surface area contributed by atoms with Crippen molar-refractivity contribution in [1.82, 2.24) is 9.78 Å². The molecule has 20 heavy (non-hydrogen) atoms. The number of nitrogens with two attached hydrogens (primary N) is 1. The van der Waals surface area contributed by atoms with Crippen LogP contribution in [0, 0.1) is 5.92 Å². The molecule has 1 fully saturated rings. The number of aromatic nitrogens is 2. The lowest BCUT2D eigenvalue weighted by molar-refractivity contribution is 0.400. The molecule has 2 rings (SSSR count). The van der Waals surface area contributed by atoms with Gasteiger partial charge in [-0.1, -0.05) is 6.92 Å². The Morgan fingerprint density at radius 2 is 2.10 bits per heavy atom. The van der Waals surface area contributed by atoms with Gasteiger partial charge in [-0.15, -0.1) is 0 Å². The summed E-state index contributed by atoms with van der Waals surface area (Å²) < 4.78 is 3.29. The molecule has 1 aliphatic rings. The number of hydrogen-bond acceptors (Lipinski definition) is 3. The number of hydrogen-bond donors (Lipinski definition) is 1. The van der Waals surface area contributed by atoms with Gasteiger partial charge >= 0.3 is 0 Å². The normalized spacial score (nSPS) is 18.4. The summed E-state index contributed by atoms with van der Waals surface area (Å²) in [6.45, 7) is 5.21. The maximum Gasteiger partial charge on any atom is 0.0766 e. The molecule has 0 aromatic carbocycles. The molecular weight excluding hydrogens is 334 g/mol. The Hall–Kier alpha value is -0.000000000000000111. The second-order valence-electron chi connectivity index (χ2n) is 5.63. The van der Waals surface area contributed by atoms with E-state index in [-0.39, 0.29) is 6.04 Å². The molecule has 0 saturated carbocycles. The first-order valence-corrected chi connectivity index (χ1v) is 9.67. The van der Waals surface area contributed by atoms with Gasteiger partial charge in [-0.25, -0.2) is 0 Å². The fraction of sp³-hybridized carbons (Fsp3) is 0.800. The maximum atomic E-state index is 6.41. The summed E-state index contributed by atoms with van der Waals surface area (Å²) in [5, 5.41) is 4.66. The summed E-state index contributed by atoms with van der Waals surface area (Å²) in [5.74, 6) is 3.45. The van der Waals surface area contributed by atoms with Crippen LogP contribution in [0.5, 0.6) is 0 Å². The zero-order valence-corrected chi connectivity index (χ0v) is 15.0. The minimum Gasteiger partial charge on any atom is -0.327 e. The smallest absolute Gasteiger partial charge is 0.0766 e. The predicted molar refractivity (Wildman–Crippen MR) is 91.3 cm³/mol. The standard InChI is InChI=1S/C15H26BrN3S/c1-3-13-15(16)14(19(4-2)18-13)10-12(17)9-11-5-7-20-8-6-11/h11-12H,3-10,17H2,1-2H3. The van der Waals surface area contributed by atoms with Crippen molar-refractivity contribution in [2.24, 2.45) is 11.7 Å². The van der Waals surface area contributed by atoms with Gasteiger partial charge in [-0.3, -0.25) is 4.68 Å². The van der Waals surface area contributed by atoms with E-state index in [9.17, 15) is 0 Å². The number of nitrogens with zero attached hydrogens (tertiary/aromatic N) is 2. The topological polar surface area (TPSA) is 43.8 Å². The first kappa shape index (κ1) is 16.4. The number of thioether (sulfide) groups is 1. The number of halogens is 1. The van der Waals surface area contributed by atoms with Gasteiger partial charge in [0, 0.05) is 19.0 Å². The van der Waals surface area contributed by atoms with E-state index in [4.69, 9.17) is 5.73 Å². The average Bonchev–Trinajstić information content (AvgIpc) is 2.76. The van der Waals surface area contributed by atoms with Gasteiger partial charge in [0.25, 0.3) is 0 Å². The average molecular weight is 360 g/mol. The van der Waals surface area contributed by atoms with Crippen LogP contribution < -0.4 is 5.73 Å². The molecule has 1 unspecified atom stereocenters. The molecule has 5 heteroatoms. The number of rotatable bonds is 6. The SMILES string of the molecule is CCc1nn(CC)c(CC(N)CC2CCSCC2)c1Br. The van der Waals surface area contributed by atoms with Crippen LogP contribution in [0.4, 0.5) is 0 Å². The summed E-state index contributed by atoms with van der Waals surface area (Å²) in [6, 6.07) is 0.256.